The number of carbonyl (C=O) groups excluding carboxylic acids is 2. The maximum Gasteiger partial charge on any atom is 0.416 e. The molecule has 2 aromatic rings. The highest BCUT2D eigenvalue weighted by Gasteiger charge is 2.29. The highest BCUT2D eigenvalue weighted by Crippen LogP contribution is 2.29. The van der Waals surface area contributed by atoms with Gasteiger partial charge in [0.1, 0.15) is 11.5 Å². The Morgan fingerprint density at radius 1 is 0.931 bits per heavy atom. The van der Waals surface area contributed by atoms with E-state index in [1.165, 1.54) is 0 Å². The number of alkyl halides is 3. The van der Waals surface area contributed by atoms with E-state index in [-0.39, 0.29) is 18.7 Å². The van der Waals surface area contributed by atoms with Crippen LogP contribution in [0.2, 0.25) is 0 Å². The molecular formula is C20H20F3NO5. The number of hydrogen-bond donors (Lipinski definition) is 1. The average Bonchev–Trinajstić information content (AvgIpc) is 2.68. The van der Waals surface area contributed by atoms with Crippen LogP contribution in [0.4, 0.5) is 18.9 Å². The largest absolute Gasteiger partial charge is 0.494 e. The van der Waals surface area contributed by atoms with E-state index in [1.54, 1.807) is 24.3 Å². The van der Waals surface area contributed by atoms with E-state index in [9.17, 15) is 22.8 Å². The highest BCUT2D eigenvalue weighted by molar-refractivity contribution is 5.92. The number of rotatable bonds is 9. The molecule has 2 rings (SSSR count). The van der Waals surface area contributed by atoms with Gasteiger partial charge < -0.3 is 19.5 Å². The zero-order valence-electron chi connectivity index (χ0n) is 15.6. The second-order valence-electron chi connectivity index (χ2n) is 5.79. The van der Waals surface area contributed by atoms with E-state index in [0.717, 1.165) is 24.3 Å². The first-order valence-electron chi connectivity index (χ1n) is 8.76. The van der Waals surface area contributed by atoms with Gasteiger partial charge in [-0.1, -0.05) is 0 Å². The lowest BCUT2D eigenvalue weighted by molar-refractivity contribution is -0.147. The molecule has 0 bridgehead atoms. The van der Waals surface area contributed by atoms with Crippen molar-refractivity contribution >= 4 is 17.6 Å². The lowest BCUT2D eigenvalue weighted by atomic mass is 10.2. The van der Waals surface area contributed by atoms with Crippen molar-refractivity contribution in [3.8, 4) is 11.5 Å². The van der Waals surface area contributed by atoms with Crippen molar-refractivity contribution in [2.24, 2.45) is 0 Å². The molecule has 29 heavy (non-hydrogen) atoms. The van der Waals surface area contributed by atoms with Gasteiger partial charge >= 0.3 is 12.1 Å². The van der Waals surface area contributed by atoms with Gasteiger partial charge in [-0.3, -0.25) is 9.59 Å². The lowest BCUT2D eigenvalue weighted by Crippen LogP contribution is -2.21. The van der Waals surface area contributed by atoms with Crippen molar-refractivity contribution in [1.82, 2.24) is 0 Å². The molecule has 0 aromatic heterocycles. The molecule has 9 heteroatoms. The Balaban J connectivity index is 1.67. The van der Waals surface area contributed by atoms with Crippen LogP contribution in [0.3, 0.4) is 0 Å². The number of nitrogens with one attached hydrogen (secondary N) is 1. The van der Waals surface area contributed by atoms with Crippen LogP contribution in [0, 0.1) is 0 Å². The minimum atomic E-state index is -4.45. The molecule has 0 heterocycles. The fourth-order valence-electron chi connectivity index (χ4n) is 2.21. The van der Waals surface area contributed by atoms with Crippen LogP contribution in [0.15, 0.2) is 48.5 Å². The van der Waals surface area contributed by atoms with Crippen LogP contribution in [0.5, 0.6) is 11.5 Å². The maximum absolute atomic E-state index is 12.5. The van der Waals surface area contributed by atoms with Crippen molar-refractivity contribution in [2.45, 2.75) is 19.5 Å². The predicted octanol–water partition coefficient (Wildman–Crippen LogP) is 4.05. The molecule has 1 amide bonds. The first-order valence-corrected chi connectivity index (χ1v) is 8.76. The fraction of sp³-hybridized carbons (Fsp3) is 0.300. The van der Waals surface area contributed by atoms with Crippen molar-refractivity contribution in [3.63, 3.8) is 0 Å². The number of esters is 1. The van der Waals surface area contributed by atoms with Crippen LogP contribution < -0.4 is 14.8 Å². The van der Waals surface area contributed by atoms with E-state index >= 15 is 0 Å². The minimum absolute atomic E-state index is 0.0628. The van der Waals surface area contributed by atoms with Crippen LogP contribution in [0.25, 0.3) is 0 Å². The van der Waals surface area contributed by atoms with Gasteiger partial charge in [0.05, 0.1) is 25.2 Å². The molecule has 0 atom stereocenters. The van der Waals surface area contributed by atoms with Crippen molar-refractivity contribution < 1.29 is 37.0 Å². The summed E-state index contributed by atoms with van der Waals surface area (Å²) in [5.74, 6) is -0.0383. The first-order chi connectivity index (χ1) is 13.8. The zero-order chi connectivity index (χ0) is 21.3. The molecule has 0 spiro atoms. The number of hydrogen-bond acceptors (Lipinski definition) is 5. The average molecular weight is 411 g/mol. The molecule has 2 aromatic carbocycles. The van der Waals surface area contributed by atoms with E-state index in [4.69, 9.17) is 14.2 Å². The number of halogens is 3. The summed E-state index contributed by atoms with van der Waals surface area (Å²) in [7, 11) is 0. The molecule has 0 aliphatic rings. The number of amides is 1. The molecule has 1 N–H and O–H groups in total. The summed E-state index contributed by atoms with van der Waals surface area (Å²) in [5, 5.41) is 2.35. The Morgan fingerprint density at radius 2 is 1.52 bits per heavy atom. The molecule has 0 saturated heterocycles. The summed E-state index contributed by atoms with van der Waals surface area (Å²) in [6, 6.07) is 10.8. The lowest BCUT2D eigenvalue weighted by Gasteiger charge is -2.10. The van der Waals surface area contributed by atoms with Gasteiger partial charge in [-0.15, -0.1) is 0 Å². The third-order valence-electron chi connectivity index (χ3n) is 3.57. The number of ether oxygens (including phenoxy) is 3. The van der Waals surface area contributed by atoms with Gasteiger partial charge in [-0.25, -0.2) is 0 Å². The van der Waals surface area contributed by atoms with Crippen LogP contribution in [0.1, 0.15) is 18.9 Å². The second-order valence-corrected chi connectivity index (χ2v) is 5.79. The summed E-state index contributed by atoms with van der Waals surface area (Å²) in [5.41, 5.74) is -0.660. The Bertz CT molecular complexity index is 804. The predicted molar refractivity (Wildman–Crippen MR) is 98.8 cm³/mol. The molecule has 0 saturated carbocycles. The Hall–Kier alpha value is -3.23. The van der Waals surface area contributed by atoms with E-state index in [0.29, 0.717) is 18.1 Å². The molecule has 0 unspecified atom stereocenters. The van der Waals surface area contributed by atoms with E-state index in [1.807, 2.05) is 6.92 Å². The molecule has 6 nitrogen and oxygen atoms in total. The SMILES string of the molecule is CCOc1ccc(OCCC(=O)OCC(=O)Nc2ccc(C(F)(F)F)cc2)cc1. The van der Waals surface area contributed by atoms with Crippen LogP contribution in [-0.4, -0.2) is 31.7 Å². The number of benzene rings is 2. The fourth-order valence-corrected chi connectivity index (χ4v) is 2.21. The topological polar surface area (TPSA) is 73.9 Å². The second kappa shape index (κ2) is 10.4. The van der Waals surface area contributed by atoms with Gasteiger partial charge in [-0.2, -0.15) is 13.2 Å². The third kappa shape index (κ3) is 7.73. The Labute approximate surface area is 165 Å². The van der Waals surface area contributed by atoms with Crippen LogP contribution in [-0.2, 0) is 20.5 Å². The molecule has 0 aliphatic carbocycles. The number of carbonyl (C=O) groups is 2. The van der Waals surface area contributed by atoms with E-state index < -0.39 is 30.2 Å². The normalized spacial score (nSPS) is 10.9. The van der Waals surface area contributed by atoms with Crippen molar-refractivity contribution in [3.05, 3.63) is 54.1 Å². The number of anilines is 1. The molecular weight excluding hydrogens is 391 g/mol. The molecule has 156 valence electrons. The molecule has 0 radical (unpaired) electrons. The standard InChI is InChI=1S/C20H20F3NO5/c1-2-27-16-7-9-17(10-8-16)28-12-11-19(26)29-13-18(25)24-15-5-3-14(4-6-15)20(21,22)23/h3-10H,2,11-13H2,1H3,(H,24,25). The monoisotopic (exact) mass is 411 g/mol. The third-order valence-corrected chi connectivity index (χ3v) is 3.57. The smallest absolute Gasteiger partial charge is 0.416 e. The molecule has 0 fully saturated rings. The first kappa shape index (κ1) is 22.1. The molecule has 0 aliphatic heterocycles. The highest BCUT2D eigenvalue weighted by atomic mass is 19.4. The van der Waals surface area contributed by atoms with Gasteiger partial charge in [-0.05, 0) is 55.5 Å². The summed E-state index contributed by atoms with van der Waals surface area (Å²) in [4.78, 5) is 23.4. The Morgan fingerprint density at radius 3 is 2.07 bits per heavy atom. The zero-order valence-corrected chi connectivity index (χ0v) is 15.6. The van der Waals surface area contributed by atoms with Gasteiger partial charge in [0, 0.05) is 5.69 Å². The summed E-state index contributed by atoms with van der Waals surface area (Å²) in [6.45, 7) is 1.94. The van der Waals surface area contributed by atoms with Crippen LogP contribution >= 0.6 is 0 Å². The maximum atomic E-state index is 12.5. The van der Waals surface area contributed by atoms with Gasteiger partial charge in [0.15, 0.2) is 6.61 Å². The quantitative estimate of drug-likeness (QED) is 0.630. The Kier molecular flexibility index (Phi) is 7.88. The summed E-state index contributed by atoms with van der Waals surface area (Å²) >= 11 is 0. The minimum Gasteiger partial charge on any atom is -0.494 e. The van der Waals surface area contributed by atoms with Crippen molar-refractivity contribution in [2.75, 3.05) is 25.1 Å². The van der Waals surface area contributed by atoms with Gasteiger partial charge in [0.25, 0.3) is 5.91 Å². The van der Waals surface area contributed by atoms with E-state index in [2.05, 4.69) is 5.32 Å². The summed E-state index contributed by atoms with van der Waals surface area (Å²) in [6.07, 6.45) is -4.52. The van der Waals surface area contributed by atoms with Gasteiger partial charge in [0.2, 0.25) is 0 Å². The van der Waals surface area contributed by atoms with Crippen molar-refractivity contribution in [1.29, 1.82) is 0 Å². The summed E-state index contributed by atoms with van der Waals surface area (Å²) < 4.78 is 53.0.